The standard InChI is InChI=1S/C18H27NO/c1-5-15-7-9-18(20)16(11-15)12-19(4)17-8-6-13(2)10-14(17)3/h6,8,10,15-16H,5,7,9,11-12H2,1-4H3. The number of anilines is 1. The van der Waals surface area contributed by atoms with Crippen LogP contribution < -0.4 is 4.90 Å². The highest BCUT2D eigenvalue weighted by atomic mass is 16.1. The van der Waals surface area contributed by atoms with Gasteiger partial charge in [0.05, 0.1) is 0 Å². The Kier molecular flexibility index (Phi) is 4.85. The molecular formula is C18H27NO. The van der Waals surface area contributed by atoms with E-state index in [1.54, 1.807) is 0 Å². The highest BCUT2D eigenvalue weighted by Gasteiger charge is 2.28. The van der Waals surface area contributed by atoms with Crippen LogP contribution in [0.3, 0.4) is 0 Å². The lowest BCUT2D eigenvalue weighted by atomic mass is 9.79. The third kappa shape index (κ3) is 3.41. The summed E-state index contributed by atoms with van der Waals surface area (Å²) in [4.78, 5) is 14.4. The molecule has 2 heteroatoms. The van der Waals surface area contributed by atoms with E-state index in [1.165, 1.54) is 23.2 Å². The van der Waals surface area contributed by atoms with Crippen LogP contribution in [0.4, 0.5) is 5.69 Å². The van der Waals surface area contributed by atoms with Crippen LogP contribution in [0.15, 0.2) is 18.2 Å². The zero-order valence-electron chi connectivity index (χ0n) is 13.3. The van der Waals surface area contributed by atoms with E-state index in [0.29, 0.717) is 5.78 Å². The first kappa shape index (κ1) is 15.1. The van der Waals surface area contributed by atoms with Crippen molar-refractivity contribution in [2.75, 3.05) is 18.5 Å². The molecule has 1 aromatic carbocycles. The Morgan fingerprint density at radius 1 is 1.30 bits per heavy atom. The molecule has 0 spiro atoms. The van der Waals surface area contributed by atoms with Crippen molar-refractivity contribution in [1.29, 1.82) is 0 Å². The zero-order valence-corrected chi connectivity index (χ0v) is 13.3. The molecule has 2 atom stereocenters. The van der Waals surface area contributed by atoms with Gasteiger partial charge in [-0.15, -0.1) is 0 Å². The van der Waals surface area contributed by atoms with Gasteiger partial charge in [0, 0.05) is 31.6 Å². The molecule has 0 radical (unpaired) electrons. The largest absolute Gasteiger partial charge is 0.374 e. The molecule has 1 aliphatic carbocycles. The maximum atomic E-state index is 12.1. The maximum absolute atomic E-state index is 12.1. The first-order valence-electron chi connectivity index (χ1n) is 7.82. The van der Waals surface area contributed by atoms with Crippen molar-refractivity contribution in [3.05, 3.63) is 29.3 Å². The van der Waals surface area contributed by atoms with Gasteiger partial charge in [-0.05, 0) is 44.2 Å². The highest BCUT2D eigenvalue weighted by Crippen LogP contribution is 2.30. The van der Waals surface area contributed by atoms with Crippen LogP contribution in [0.25, 0.3) is 0 Å². The number of benzene rings is 1. The van der Waals surface area contributed by atoms with E-state index in [0.717, 1.165) is 31.7 Å². The van der Waals surface area contributed by atoms with Gasteiger partial charge in [-0.3, -0.25) is 4.79 Å². The predicted octanol–water partition coefficient (Wildman–Crippen LogP) is 4.14. The SMILES string of the molecule is CCC1CCC(=O)C(CN(C)c2ccc(C)cc2C)C1. The molecule has 2 nitrogen and oxygen atoms in total. The van der Waals surface area contributed by atoms with Crippen LogP contribution in [0, 0.1) is 25.7 Å². The summed E-state index contributed by atoms with van der Waals surface area (Å²) >= 11 is 0. The van der Waals surface area contributed by atoms with E-state index in [-0.39, 0.29) is 5.92 Å². The lowest BCUT2D eigenvalue weighted by Crippen LogP contribution is -2.35. The Bertz CT molecular complexity index is 480. The molecule has 0 bridgehead atoms. The number of ketones is 1. The molecule has 1 aliphatic rings. The summed E-state index contributed by atoms with van der Waals surface area (Å²) in [5, 5.41) is 0. The van der Waals surface area contributed by atoms with E-state index in [9.17, 15) is 4.79 Å². The summed E-state index contributed by atoms with van der Waals surface area (Å²) in [5.41, 5.74) is 3.84. The fourth-order valence-corrected chi connectivity index (χ4v) is 3.41. The summed E-state index contributed by atoms with van der Waals surface area (Å²) in [6.07, 6.45) is 4.16. The van der Waals surface area contributed by atoms with Gasteiger partial charge < -0.3 is 4.90 Å². The number of carbonyl (C=O) groups excluding carboxylic acids is 1. The first-order chi connectivity index (χ1) is 9.51. The highest BCUT2D eigenvalue weighted by molar-refractivity contribution is 5.82. The van der Waals surface area contributed by atoms with Crippen molar-refractivity contribution in [1.82, 2.24) is 0 Å². The lowest BCUT2D eigenvalue weighted by Gasteiger charge is -2.32. The van der Waals surface area contributed by atoms with E-state index in [2.05, 4.69) is 50.9 Å². The number of nitrogens with zero attached hydrogens (tertiary/aromatic N) is 1. The average molecular weight is 273 g/mol. The number of Topliss-reactive ketones (excluding diaryl/α,β-unsaturated/α-hetero) is 1. The Morgan fingerprint density at radius 3 is 2.70 bits per heavy atom. The molecular weight excluding hydrogens is 246 g/mol. The maximum Gasteiger partial charge on any atom is 0.137 e. The van der Waals surface area contributed by atoms with Gasteiger partial charge in [-0.1, -0.05) is 31.0 Å². The minimum atomic E-state index is 0.222. The second kappa shape index (κ2) is 6.43. The number of carbonyl (C=O) groups is 1. The van der Waals surface area contributed by atoms with Gasteiger partial charge in [-0.25, -0.2) is 0 Å². The van der Waals surface area contributed by atoms with Crippen molar-refractivity contribution in [2.24, 2.45) is 11.8 Å². The van der Waals surface area contributed by atoms with E-state index < -0.39 is 0 Å². The number of rotatable bonds is 4. The third-order valence-corrected chi connectivity index (χ3v) is 4.71. The van der Waals surface area contributed by atoms with Crippen LogP contribution in [-0.2, 0) is 4.79 Å². The molecule has 0 aromatic heterocycles. The summed E-state index contributed by atoms with van der Waals surface area (Å²) in [5.74, 6) is 1.43. The van der Waals surface area contributed by atoms with Crippen molar-refractivity contribution < 1.29 is 4.79 Å². The monoisotopic (exact) mass is 273 g/mol. The van der Waals surface area contributed by atoms with E-state index in [4.69, 9.17) is 0 Å². The van der Waals surface area contributed by atoms with Gasteiger partial charge in [0.2, 0.25) is 0 Å². The Hall–Kier alpha value is -1.31. The zero-order chi connectivity index (χ0) is 14.7. The molecule has 0 aliphatic heterocycles. The normalized spacial score (nSPS) is 22.9. The van der Waals surface area contributed by atoms with Crippen LogP contribution in [0.1, 0.15) is 43.7 Å². The van der Waals surface area contributed by atoms with Crippen LogP contribution in [0.2, 0.25) is 0 Å². The molecule has 110 valence electrons. The summed E-state index contributed by atoms with van der Waals surface area (Å²) < 4.78 is 0. The van der Waals surface area contributed by atoms with Crippen LogP contribution >= 0.6 is 0 Å². The Morgan fingerprint density at radius 2 is 2.05 bits per heavy atom. The quantitative estimate of drug-likeness (QED) is 0.822. The summed E-state index contributed by atoms with van der Waals surface area (Å²) in [6, 6.07) is 6.54. The Labute approximate surface area is 123 Å². The Balaban J connectivity index is 2.06. The summed E-state index contributed by atoms with van der Waals surface area (Å²) in [6.45, 7) is 7.37. The van der Waals surface area contributed by atoms with Gasteiger partial charge in [-0.2, -0.15) is 0 Å². The first-order valence-corrected chi connectivity index (χ1v) is 7.82. The summed E-state index contributed by atoms with van der Waals surface area (Å²) in [7, 11) is 2.11. The number of aryl methyl sites for hydroxylation is 2. The number of hydrogen-bond acceptors (Lipinski definition) is 2. The average Bonchev–Trinajstić information content (AvgIpc) is 2.41. The van der Waals surface area contributed by atoms with Gasteiger partial charge in [0.25, 0.3) is 0 Å². The molecule has 20 heavy (non-hydrogen) atoms. The molecule has 0 saturated heterocycles. The van der Waals surface area contributed by atoms with E-state index >= 15 is 0 Å². The van der Waals surface area contributed by atoms with E-state index in [1.807, 2.05) is 0 Å². The van der Waals surface area contributed by atoms with Gasteiger partial charge >= 0.3 is 0 Å². The number of hydrogen-bond donors (Lipinski definition) is 0. The van der Waals surface area contributed by atoms with Gasteiger partial charge in [0.1, 0.15) is 5.78 Å². The smallest absolute Gasteiger partial charge is 0.137 e. The molecule has 0 N–H and O–H groups in total. The second-order valence-electron chi connectivity index (χ2n) is 6.38. The molecule has 1 saturated carbocycles. The van der Waals surface area contributed by atoms with Crippen molar-refractivity contribution in [3.8, 4) is 0 Å². The van der Waals surface area contributed by atoms with Crippen molar-refractivity contribution >= 4 is 11.5 Å². The molecule has 1 fully saturated rings. The minimum Gasteiger partial charge on any atom is -0.374 e. The molecule has 0 heterocycles. The minimum absolute atomic E-state index is 0.222. The predicted molar refractivity (Wildman–Crippen MR) is 85.3 cm³/mol. The van der Waals surface area contributed by atoms with Crippen LogP contribution in [0.5, 0.6) is 0 Å². The van der Waals surface area contributed by atoms with Crippen molar-refractivity contribution in [2.45, 2.75) is 46.5 Å². The van der Waals surface area contributed by atoms with Crippen LogP contribution in [-0.4, -0.2) is 19.4 Å². The van der Waals surface area contributed by atoms with Crippen molar-refractivity contribution in [3.63, 3.8) is 0 Å². The topological polar surface area (TPSA) is 20.3 Å². The lowest BCUT2D eigenvalue weighted by molar-refractivity contribution is -0.125. The molecule has 1 aromatic rings. The fraction of sp³-hybridized carbons (Fsp3) is 0.611. The molecule has 0 amide bonds. The van der Waals surface area contributed by atoms with Gasteiger partial charge in [0.15, 0.2) is 0 Å². The molecule has 2 rings (SSSR count). The fourth-order valence-electron chi connectivity index (χ4n) is 3.41. The second-order valence-corrected chi connectivity index (χ2v) is 6.38. The molecule has 2 unspecified atom stereocenters. The third-order valence-electron chi connectivity index (χ3n) is 4.71.